The van der Waals surface area contributed by atoms with Gasteiger partial charge in [0.05, 0.1) is 0 Å². The van der Waals surface area contributed by atoms with Crippen molar-refractivity contribution in [2.24, 2.45) is 0 Å². The third kappa shape index (κ3) is 3.58. The standard InChI is InChI=1S/C14H19NOS/c1-2-17-13-7-5-11(6-8-13)14(16)10-12-4-3-9-15-12/h5-8,12,15H,2-4,9-10H2,1H3. The molecule has 1 atom stereocenters. The lowest BCUT2D eigenvalue weighted by Gasteiger charge is -2.09. The number of hydrogen-bond donors (Lipinski definition) is 1. The molecule has 3 heteroatoms. The van der Waals surface area contributed by atoms with Gasteiger partial charge in [0.1, 0.15) is 0 Å². The van der Waals surface area contributed by atoms with Crippen LogP contribution in [-0.2, 0) is 0 Å². The highest BCUT2D eigenvalue weighted by atomic mass is 32.2. The van der Waals surface area contributed by atoms with Crippen molar-refractivity contribution in [1.29, 1.82) is 0 Å². The summed E-state index contributed by atoms with van der Waals surface area (Å²) in [6.45, 7) is 3.19. The van der Waals surface area contributed by atoms with Crippen molar-refractivity contribution < 1.29 is 4.79 Å². The lowest BCUT2D eigenvalue weighted by atomic mass is 10.0. The van der Waals surface area contributed by atoms with E-state index in [-0.39, 0.29) is 5.78 Å². The molecule has 0 radical (unpaired) electrons. The molecule has 1 fully saturated rings. The average molecular weight is 249 g/mol. The Morgan fingerprint density at radius 3 is 2.76 bits per heavy atom. The van der Waals surface area contributed by atoms with Crippen LogP contribution in [0.25, 0.3) is 0 Å². The van der Waals surface area contributed by atoms with E-state index in [2.05, 4.69) is 12.2 Å². The Hall–Kier alpha value is -0.800. The van der Waals surface area contributed by atoms with Gasteiger partial charge in [-0.1, -0.05) is 19.1 Å². The molecule has 0 aromatic heterocycles. The Labute approximate surface area is 107 Å². The number of thioether (sulfide) groups is 1. The zero-order valence-electron chi connectivity index (χ0n) is 10.2. The van der Waals surface area contributed by atoms with Crippen LogP contribution in [0.2, 0.25) is 0 Å². The van der Waals surface area contributed by atoms with Crippen LogP contribution in [0.15, 0.2) is 29.2 Å². The largest absolute Gasteiger partial charge is 0.314 e. The van der Waals surface area contributed by atoms with Gasteiger partial charge >= 0.3 is 0 Å². The maximum atomic E-state index is 12.0. The molecule has 1 unspecified atom stereocenters. The Morgan fingerprint density at radius 2 is 2.18 bits per heavy atom. The van der Waals surface area contributed by atoms with Crippen molar-refractivity contribution in [3.8, 4) is 0 Å². The van der Waals surface area contributed by atoms with Gasteiger partial charge in [0.15, 0.2) is 5.78 Å². The highest BCUT2D eigenvalue weighted by Gasteiger charge is 2.18. The zero-order valence-corrected chi connectivity index (χ0v) is 11.1. The van der Waals surface area contributed by atoms with Gasteiger partial charge < -0.3 is 5.32 Å². The van der Waals surface area contributed by atoms with Crippen molar-refractivity contribution in [2.45, 2.75) is 37.1 Å². The summed E-state index contributed by atoms with van der Waals surface area (Å²) in [6, 6.07) is 8.39. The fourth-order valence-corrected chi connectivity index (χ4v) is 2.84. The number of ketones is 1. The number of carbonyl (C=O) groups is 1. The van der Waals surface area contributed by atoms with E-state index in [9.17, 15) is 4.79 Å². The van der Waals surface area contributed by atoms with E-state index in [0.717, 1.165) is 24.3 Å². The third-order valence-electron chi connectivity index (χ3n) is 3.08. The number of hydrogen-bond acceptors (Lipinski definition) is 3. The number of rotatable bonds is 5. The Bertz CT molecular complexity index is 368. The maximum absolute atomic E-state index is 12.0. The SMILES string of the molecule is CCSc1ccc(C(=O)CC2CCCN2)cc1. The molecule has 0 bridgehead atoms. The van der Waals surface area contributed by atoms with E-state index in [0.29, 0.717) is 12.5 Å². The van der Waals surface area contributed by atoms with Gasteiger partial charge in [0.2, 0.25) is 0 Å². The minimum absolute atomic E-state index is 0.262. The first-order valence-corrected chi connectivity index (χ1v) is 7.27. The van der Waals surface area contributed by atoms with Crippen LogP contribution in [0.4, 0.5) is 0 Å². The zero-order chi connectivity index (χ0) is 12.1. The Kier molecular flexibility index (Phi) is 4.63. The van der Waals surface area contributed by atoms with Crippen LogP contribution in [0.1, 0.15) is 36.5 Å². The van der Waals surface area contributed by atoms with Gasteiger partial charge in [0.25, 0.3) is 0 Å². The minimum atomic E-state index is 0.262. The van der Waals surface area contributed by atoms with Gasteiger partial charge in [0, 0.05) is 22.9 Å². The lowest BCUT2D eigenvalue weighted by Crippen LogP contribution is -2.24. The first kappa shape index (κ1) is 12.7. The fourth-order valence-electron chi connectivity index (χ4n) is 2.18. The number of nitrogens with one attached hydrogen (secondary N) is 1. The number of benzene rings is 1. The van der Waals surface area contributed by atoms with Crippen LogP contribution in [0.3, 0.4) is 0 Å². The first-order valence-electron chi connectivity index (χ1n) is 6.29. The smallest absolute Gasteiger partial charge is 0.164 e. The molecule has 0 amide bonds. The van der Waals surface area contributed by atoms with Crippen LogP contribution >= 0.6 is 11.8 Å². The molecule has 92 valence electrons. The summed E-state index contributed by atoms with van der Waals surface area (Å²) in [6.07, 6.45) is 2.97. The quantitative estimate of drug-likeness (QED) is 0.642. The molecule has 1 heterocycles. The predicted molar refractivity (Wildman–Crippen MR) is 72.8 cm³/mol. The number of Topliss-reactive ketones (excluding diaryl/α,β-unsaturated/α-hetero) is 1. The Balaban J connectivity index is 1.93. The van der Waals surface area contributed by atoms with E-state index in [1.807, 2.05) is 24.3 Å². The second-order valence-corrected chi connectivity index (χ2v) is 5.72. The second-order valence-electron chi connectivity index (χ2n) is 4.38. The summed E-state index contributed by atoms with van der Waals surface area (Å²) < 4.78 is 0. The van der Waals surface area contributed by atoms with Crippen molar-refractivity contribution in [1.82, 2.24) is 5.32 Å². The van der Waals surface area contributed by atoms with Crippen molar-refractivity contribution >= 4 is 17.5 Å². The fraction of sp³-hybridized carbons (Fsp3) is 0.500. The van der Waals surface area contributed by atoms with Crippen molar-refractivity contribution in [3.05, 3.63) is 29.8 Å². The molecule has 1 aromatic carbocycles. The summed E-state index contributed by atoms with van der Waals surface area (Å²) in [5, 5.41) is 3.36. The highest BCUT2D eigenvalue weighted by molar-refractivity contribution is 7.99. The van der Waals surface area contributed by atoms with Gasteiger partial charge in [-0.2, -0.15) is 0 Å². The van der Waals surface area contributed by atoms with Gasteiger partial charge in [-0.15, -0.1) is 11.8 Å². The van der Waals surface area contributed by atoms with Gasteiger partial charge in [-0.25, -0.2) is 0 Å². The second kappa shape index (κ2) is 6.22. The molecule has 0 aliphatic carbocycles. The molecule has 1 aliphatic heterocycles. The summed E-state index contributed by atoms with van der Waals surface area (Å²) in [4.78, 5) is 13.3. The molecule has 2 nitrogen and oxygen atoms in total. The summed E-state index contributed by atoms with van der Waals surface area (Å²) in [5.41, 5.74) is 0.846. The summed E-state index contributed by atoms with van der Waals surface area (Å²) >= 11 is 1.80. The molecule has 2 rings (SSSR count). The van der Waals surface area contributed by atoms with Crippen LogP contribution in [-0.4, -0.2) is 24.1 Å². The molecule has 17 heavy (non-hydrogen) atoms. The maximum Gasteiger partial charge on any atom is 0.164 e. The average Bonchev–Trinajstić information content (AvgIpc) is 2.83. The molecule has 1 aromatic rings. The first-order chi connectivity index (χ1) is 8.29. The summed E-state index contributed by atoms with van der Waals surface area (Å²) in [7, 11) is 0. The van der Waals surface area contributed by atoms with E-state index in [4.69, 9.17) is 0 Å². The molecule has 1 aliphatic rings. The summed E-state index contributed by atoms with van der Waals surface area (Å²) in [5.74, 6) is 1.33. The topological polar surface area (TPSA) is 29.1 Å². The van der Waals surface area contributed by atoms with E-state index in [1.165, 1.54) is 11.3 Å². The van der Waals surface area contributed by atoms with E-state index < -0.39 is 0 Å². The molecule has 0 spiro atoms. The predicted octanol–water partition coefficient (Wildman–Crippen LogP) is 3.12. The molecule has 1 saturated heterocycles. The molecule has 0 saturated carbocycles. The van der Waals surface area contributed by atoms with Crippen LogP contribution in [0.5, 0.6) is 0 Å². The molecular formula is C14H19NOS. The van der Waals surface area contributed by atoms with E-state index >= 15 is 0 Å². The molecule has 1 N–H and O–H groups in total. The van der Waals surface area contributed by atoms with Gasteiger partial charge in [-0.05, 0) is 37.3 Å². The Morgan fingerprint density at radius 1 is 1.41 bits per heavy atom. The minimum Gasteiger partial charge on any atom is -0.314 e. The van der Waals surface area contributed by atoms with Crippen molar-refractivity contribution in [3.63, 3.8) is 0 Å². The molecular weight excluding hydrogens is 230 g/mol. The van der Waals surface area contributed by atoms with Crippen LogP contribution in [0, 0.1) is 0 Å². The normalized spacial score (nSPS) is 19.5. The highest BCUT2D eigenvalue weighted by Crippen LogP contribution is 2.19. The van der Waals surface area contributed by atoms with Crippen LogP contribution < -0.4 is 5.32 Å². The lowest BCUT2D eigenvalue weighted by molar-refractivity contribution is 0.0971. The van der Waals surface area contributed by atoms with Gasteiger partial charge in [-0.3, -0.25) is 4.79 Å². The van der Waals surface area contributed by atoms with E-state index in [1.54, 1.807) is 11.8 Å². The monoisotopic (exact) mass is 249 g/mol. The number of carbonyl (C=O) groups excluding carboxylic acids is 1. The third-order valence-corrected chi connectivity index (χ3v) is 3.98. The van der Waals surface area contributed by atoms with Crippen molar-refractivity contribution in [2.75, 3.05) is 12.3 Å².